The van der Waals surface area contributed by atoms with Crippen LogP contribution in [0.1, 0.15) is 29.4 Å². The number of carbonyl (C=O) groups is 1. The first kappa shape index (κ1) is 13.3. The van der Waals surface area contributed by atoms with Gasteiger partial charge in [0.05, 0.1) is 19.3 Å². The minimum atomic E-state index is -3.07. The molecule has 0 aliphatic carbocycles. The lowest BCUT2D eigenvalue weighted by Gasteiger charge is -2.09. The fraction of sp³-hybridized carbons (Fsp3) is 0.400. The smallest absolute Gasteiger partial charge is 0.340 e. The van der Waals surface area contributed by atoms with Crippen molar-refractivity contribution in [1.29, 1.82) is 0 Å². The first-order valence-electron chi connectivity index (χ1n) is 4.71. The van der Waals surface area contributed by atoms with E-state index in [1.54, 1.807) is 0 Å². The summed E-state index contributed by atoms with van der Waals surface area (Å²) in [6.45, 7) is 1.54. The van der Waals surface area contributed by atoms with E-state index in [-0.39, 0.29) is 6.61 Å². The van der Waals surface area contributed by atoms with Crippen molar-refractivity contribution < 1.29 is 27.4 Å². The van der Waals surface area contributed by atoms with Gasteiger partial charge in [-0.3, -0.25) is 0 Å². The van der Waals surface area contributed by atoms with Crippen molar-refractivity contribution in [3.05, 3.63) is 23.3 Å². The van der Waals surface area contributed by atoms with Crippen molar-refractivity contribution >= 4 is 5.97 Å². The molecule has 0 radical (unpaired) electrons. The number of alkyl halides is 2. The number of esters is 1. The number of hydrogen-bond donors (Lipinski definition) is 0. The minimum absolute atomic E-state index is 0.0151. The van der Waals surface area contributed by atoms with Gasteiger partial charge in [-0.15, -0.1) is 0 Å². The van der Waals surface area contributed by atoms with Gasteiger partial charge in [0.1, 0.15) is 5.69 Å². The van der Waals surface area contributed by atoms with Gasteiger partial charge in [0.15, 0.2) is 5.75 Å². The van der Waals surface area contributed by atoms with Crippen LogP contribution < -0.4 is 4.74 Å². The Kier molecular flexibility index (Phi) is 4.30. The first-order valence-corrected chi connectivity index (χ1v) is 4.71. The third kappa shape index (κ3) is 2.86. The third-order valence-electron chi connectivity index (χ3n) is 1.90. The molecule has 1 heterocycles. The summed E-state index contributed by atoms with van der Waals surface area (Å²) in [6.07, 6.45) is -3.07. The summed E-state index contributed by atoms with van der Waals surface area (Å²) < 4.78 is 47.4. The Morgan fingerprint density at radius 3 is 2.65 bits per heavy atom. The molecule has 17 heavy (non-hydrogen) atoms. The second-order valence-electron chi connectivity index (χ2n) is 2.94. The van der Waals surface area contributed by atoms with Crippen LogP contribution in [0.15, 0.2) is 6.07 Å². The standard InChI is InChI=1S/C10H10F3NO3/c1-3-17-10(15)5-4-6(16-2)9(13)14-7(5)8(11)12/h4,8H,3H2,1-2H3. The van der Waals surface area contributed by atoms with Crippen LogP contribution in [-0.4, -0.2) is 24.7 Å². The monoisotopic (exact) mass is 249 g/mol. The van der Waals surface area contributed by atoms with Crippen molar-refractivity contribution in [2.45, 2.75) is 13.3 Å². The molecule has 0 spiro atoms. The summed E-state index contributed by atoms with van der Waals surface area (Å²) in [5.74, 6) is -2.58. The Balaban J connectivity index is 3.28. The van der Waals surface area contributed by atoms with Gasteiger partial charge < -0.3 is 9.47 Å². The quantitative estimate of drug-likeness (QED) is 0.607. The van der Waals surface area contributed by atoms with Gasteiger partial charge >= 0.3 is 5.97 Å². The molecule has 0 saturated carbocycles. The maximum atomic E-state index is 13.1. The molecule has 94 valence electrons. The zero-order valence-corrected chi connectivity index (χ0v) is 9.17. The van der Waals surface area contributed by atoms with Gasteiger partial charge in [-0.2, -0.15) is 4.39 Å². The predicted octanol–water partition coefficient (Wildman–Crippen LogP) is 2.34. The number of aromatic nitrogens is 1. The lowest BCUT2D eigenvalue weighted by Crippen LogP contribution is -2.12. The van der Waals surface area contributed by atoms with Crippen LogP contribution in [0.2, 0.25) is 0 Å². The van der Waals surface area contributed by atoms with E-state index in [1.807, 2.05) is 0 Å². The number of halogens is 3. The maximum Gasteiger partial charge on any atom is 0.340 e. The molecule has 0 fully saturated rings. The van der Waals surface area contributed by atoms with Gasteiger partial charge in [-0.25, -0.2) is 18.6 Å². The van der Waals surface area contributed by atoms with Crippen LogP contribution in [0, 0.1) is 5.95 Å². The molecule has 0 aliphatic rings. The fourth-order valence-electron chi connectivity index (χ4n) is 1.17. The maximum absolute atomic E-state index is 13.1. The van der Waals surface area contributed by atoms with Crippen molar-refractivity contribution in [3.8, 4) is 5.75 Å². The molecule has 7 heteroatoms. The number of ether oxygens (including phenoxy) is 2. The summed E-state index contributed by atoms with van der Waals surface area (Å²) in [6, 6.07) is 0.849. The molecular formula is C10H10F3NO3. The van der Waals surface area contributed by atoms with Crippen LogP contribution >= 0.6 is 0 Å². The van der Waals surface area contributed by atoms with Crippen LogP contribution in [0.25, 0.3) is 0 Å². The average molecular weight is 249 g/mol. The van der Waals surface area contributed by atoms with E-state index in [0.717, 1.165) is 13.2 Å². The molecule has 0 unspecified atom stereocenters. The molecule has 0 amide bonds. The van der Waals surface area contributed by atoms with Crippen LogP contribution in [0.5, 0.6) is 5.75 Å². The number of nitrogens with zero attached hydrogens (tertiary/aromatic N) is 1. The number of pyridine rings is 1. The molecule has 0 bridgehead atoms. The van der Waals surface area contributed by atoms with E-state index in [9.17, 15) is 18.0 Å². The van der Waals surface area contributed by atoms with Crippen LogP contribution in [0.3, 0.4) is 0 Å². The number of carbonyl (C=O) groups excluding carboxylic acids is 1. The van der Waals surface area contributed by atoms with E-state index < -0.39 is 35.3 Å². The number of rotatable bonds is 4. The van der Waals surface area contributed by atoms with E-state index in [2.05, 4.69) is 14.5 Å². The Morgan fingerprint density at radius 2 is 2.18 bits per heavy atom. The van der Waals surface area contributed by atoms with Gasteiger partial charge in [-0.05, 0) is 6.92 Å². The molecule has 0 atom stereocenters. The molecule has 4 nitrogen and oxygen atoms in total. The Bertz CT molecular complexity index is 424. The zero-order valence-electron chi connectivity index (χ0n) is 9.17. The highest BCUT2D eigenvalue weighted by molar-refractivity contribution is 5.91. The average Bonchev–Trinajstić information content (AvgIpc) is 2.28. The van der Waals surface area contributed by atoms with Gasteiger partial charge in [-0.1, -0.05) is 0 Å². The summed E-state index contributed by atoms with van der Waals surface area (Å²) in [5.41, 5.74) is -1.46. The first-order chi connectivity index (χ1) is 8.01. The molecule has 1 aromatic rings. The number of methoxy groups -OCH3 is 1. The lowest BCUT2D eigenvalue weighted by atomic mass is 10.2. The SMILES string of the molecule is CCOC(=O)c1cc(OC)c(F)nc1C(F)F. The van der Waals surface area contributed by atoms with Crippen molar-refractivity contribution in [2.75, 3.05) is 13.7 Å². The van der Waals surface area contributed by atoms with Gasteiger partial charge in [0.25, 0.3) is 12.4 Å². The third-order valence-corrected chi connectivity index (χ3v) is 1.90. The molecule has 0 N–H and O–H groups in total. The minimum Gasteiger partial charge on any atom is -0.492 e. The van der Waals surface area contributed by atoms with Crippen molar-refractivity contribution in [2.24, 2.45) is 0 Å². The van der Waals surface area contributed by atoms with Crippen molar-refractivity contribution in [1.82, 2.24) is 4.98 Å². The second-order valence-corrected chi connectivity index (χ2v) is 2.94. The molecular weight excluding hydrogens is 239 g/mol. The van der Waals surface area contributed by atoms with E-state index in [1.165, 1.54) is 6.92 Å². The Labute approximate surface area is 95.4 Å². The van der Waals surface area contributed by atoms with Gasteiger partial charge in [0.2, 0.25) is 0 Å². The molecule has 0 saturated heterocycles. The summed E-state index contributed by atoms with van der Waals surface area (Å²) in [7, 11) is 1.14. The van der Waals surface area contributed by atoms with E-state index >= 15 is 0 Å². The molecule has 0 aromatic carbocycles. The topological polar surface area (TPSA) is 48.4 Å². The normalized spacial score (nSPS) is 10.5. The predicted molar refractivity (Wildman–Crippen MR) is 51.7 cm³/mol. The highest BCUT2D eigenvalue weighted by Gasteiger charge is 2.24. The van der Waals surface area contributed by atoms with E-state index in [0.29, 0.717) is 0 Å². The largest absolute Gasteiger partial charge is 0.492 e. The van der Waals surface area contributed by atoms with Crippen molar-refractivity contribution in [3.63, 3.8) is 0 Å². The number of hydrogen-bond acceptors (Lipinski definition) is 4. The Hall–Kier alpha value is -1.79. The second kappa shape index (κ2) is 5.51. The molecule has 1 rings (SSSR count). The highest BCUT2D eigenvalue weighted by atomic mass is 19.3. The fourth-order valence-corrected chi connectivity index (χ4v) is 1.17. The van der Waals surface area contributed by atoms with Gasteiger partial charge in [0, 0.05) is 6.07 Å². The van der Waals surface area contributed by atoms with Crippen LogP contribution in [-0.2, 0) is 4.74 Å². The van der Waals surface area contributed by atoms with E-state index in [4.69, 9.17) is 0 Å². The lowest BCUT2D eigenvalue weighted by molar-refractivity contribution is 0.0512. The Morgan fingerprint density at radius 1 is 1.53 bits per heavy atom. The highest BCUT2D eigenvalue weighted by Crippen LogP contribution is 2.26. The summed E-state index contributed by atoms with van der Waals surface area (Å²) in [5, 5.41) is 0. The zero-order chi connectivity index (χ0) is 13.0. The summed E-state index contributed by atoms with van der Waals surface area (Å²) >= 11 is 0. The molecule has 1 aromatic heterocycles. The van der Waals surface area contributed by atoms with Crippen LogP contribution in [0.4, 0.5) is 13.2 Å². The summed E-state index contributed by atoms with van der Waals surface area (Å²) in [4.78, 5) is 14.4. The molecule has 0 aliphatic heterocycles.